The predicted octanol–water partition coefficient (Wildman–Crippen LogP) is 2.67. The molecule has 0 aliphatic heterocycles. The highest BCUT2D eigenvalue weighted by molar-refractivity contribution is 5.70. The van der Waals surface area contributed by atoms with E-state index in [1.54, 1.807) is 0 Å². The fourth-order valence-electron chi connectivity index (χ4n) is 1.80. The molecule has 4 nitrogen and oxygen atoms in total. The second-order valence-corrected chi connectivity index (χ2v) is 4.88. The molecule has 0 fully saturated rings. The Morgan fingerprint density at radius 1 is 1.09 bits per heavy atom. The third kappa shape index (κ3) is 5.54. The lowest BCUT2D eigenvalue weighted by molar-refractivity contribution is -0.145. The van der Waals surface area contributed by atoms with Crippen LogP contribution in [0.4, 0.5) is 4.39 Å². The number of carbonyl (C=O) groups excluding carboxylic acids is 1. The van der Waals surface area contributed by atoms with Crippen molar-refractivity contribution < 1.29 is 18.7 Å². The number of carbonyl (C=O) groups is 1. The second-order valence-electron chi connectivity index (χ2n) is 4.88. The van der Waals surface area contributed by atoms with Gasteiger partial charge in [0.1, 0.15) is 24.8 Å². The molecule has 116 valence electrons. The minimum Gasteiger partial charge on any atom is -0.492 e. The lowest BCUT2D eigenvalue weighted by Crippen LogP contribution is -2.31. The summed E-state index contributed by atoms with van der Waals surface area (Å²) in [6, 6.07) is 14.6. The van der Waals surface area contributed by atoms with Crippen LogP contribution in [0.1, 0.15) is 12.0 Å². The van der Waals surface area contributed by atoms with Gasteiger partial charge in [-0.3, -0.25) is 4.79 Å². The van der Waals surface area contributed by atoms with E-state index < -0.39 is 6.04 Å². The molecule has 2 aromatic rings. The average molecular weight is 303 g/mol. The van der Waals surface area contributed by atoms with Gasteiger partial charge in [-0.25, -0.2) is 4.39 Å². The lowest BCUT2D eigenvalue weighted by Gasteiger charge is -2.13. The first-order valence-corrected chi connectivity index (χ1v) is 6.97. The molecule has 0 bridgehead atoms. The largest absolute Gasteiger partial charge is 0.492 e. The number of halogens is 1. The Kier molecular flexibility index (Phi) is 5.91. The Hall–Kier alpha value is -2.40. The number of nitrogens with two attached hydrogens (primary N) is 1. The van der Waals surface area contributed by atoms with Crippen LogP contribution in [-0.2, 0) is 16.1 Å². The Balaban J connectivity index is 1.68. The summed E-state index contributed by atoms with van der Waals surface area (Å²) >= 11 is 0. The van der Waals surface area contributed by atoms with Crippen molar-refractivity contribution in [2.75, 3.05) is 6.61 Å². The Morgan fingerprint density at radius 2 is 1.77 bits per heavy atom. The van der Waals surface area contributed by atoms with Gasteiger partial charge in [0.25, 0.3) is 0 Å². The predicted molar refractivity (Wildman–Crippen MR) is 80.7 cm³/mol. The molecule has 0 saturated carbocycles. The summed E-state index contributed by atoms with van der Waals surface area (Å²) in [5, 5.41) is 0. The van der Waals surface area contributed by atoms with Crippen molar-refractivity contribution in [3.05, 3.63) is 66.0 Å². The van der Waals surface area contributed by atoms with Gasteiger partial charge >= 0.3 is 5.97 Å². The molecule has 1 atom stereocenters. The second kappa shape index (κ2) is 8.14. The molecule has 0 saturated heterocycles. The number of benzene rings is 2. The molecular weight excluding hydrogens is 285 g/mol. The Bertz CT molecular complexity index is 587. The quantitative estimate of drug-likeness (QED) is 0.799. The van der Waals surface area contributed by atoms with Crippen LogP contribution in [0.5, 0.6) is 5.75 Å². The lowest BCUT2D eigenvalue weighted by atomic mass is 10.2. The maximum atomic E-state index is 12.7. The number of esters is 1. The summed E-state index contributed by atoms with van der Waals surface area (Å²) in [5.41, 5.74) is 6.74. The molecule has 0 radical (unpaired) electrons. The smallest absolute Gasteiger partial charge is 0.307 e. The van der Waals surface area contributed by atoms with Gasteiger partial charge in [-0.1, -0.05) is 30.3 Å². The molecule has 5 heteroatoms. The third-order valence-electron chi connectivity index (χ3n) is 2.95. The van der Waals surface area contributed by atoms with Crippen molar-refractivity contribution in [3.63, 3.8) is 0 Å². The molecule has 0 aliphatic rings. The van der Waals surface area contributed by atoms with Gasteiger partial charge in [0, 0.05) is 6.04 Å². The van der Waals surface area contributed by atoms with Crippen molar-refractivity contribution in [1.29, 1.82) is 0 Å². The maximum Gasteiger partial charge on any atom is 0.307 e. The highest BCUT2D eigenvalue weighted by atomic mass is 19.1. The topological polar surface area (TPSA) is 61.5 Å². The first kappa shape index (κ1) is 16.0. The van der Waals surface area contributed by atoms with Crippen LogP contribution in [0.3, 0.4) is 0 Å². The van der Waals surface area contributed by atoms with Crippen LogP contribution < -0.4 is 10.5 Å². The molecule has 2 aromatic carbocycles. The zero-order valence-electron chi connectivity index (χ0n) is 12.1. The van der Waals surface area contributed by atoms with Gasteiger partial charge < -0.3 is 15.2 Å². The zero-order chi connectivity index (χ0) is 15.8. The normalized spacial score (nSPS) is 11.7. The van der Waals surface area contributed by atoms with Gasteiger partial charge in [-0.2, -0.15) is 0 Å². The zero-order valence-corrected chi connectivity index (χ0v) is 12.1. The van der Waals surface area contributed by atoms with Crippen LogP contribution in [0, 0.1) is 5.82 Å². The van der Waals surface area contributed by atoms with Crippen molar-refractivity contribution in [2.24, 2.45) is 5.73 Å². The van der Waals surface area contributed by atoms with E-state index in [9.17, 15) is 9.18 Å². The van der Waals surface area contributed by atoms with Crippen LogP contribution >= 0.6 is 0 Å². The van der Waals surface area contributed by atoms with Gasteiger partial charge in [0.2, 0.25) is 0 Å². The van der Waals surface area contributed by atoms with Crippen molar-refractivity contribution in [1.82, 2.24) is 0 Å². The van der Waals surface area contributed by atoms with Gasteiger partial charge in [0.15, 0.2) is 0 Å². The first-order chi connectivity index (χ1) is 10.6. The highest BCUT2D eigenvalue weighted by Gasteiger charge is 2.12. The van der Waals surface area contributed by atoms with E-state index >= 15 is 0 Å². The minimum absolute atomic E-state index is 0.0635. The maximum absolute atomic E-state index is 12.7. The van der Waals surface area contributed by atoms with Gasteiger partial charge in [-0.05, 0) is 29.8 Å². The number of rotatable bonds is 7. The van der Waals surface area contributed by atoms with Gasteiger partial charge in [-0.15, -0.1) is 0 Å². The van der Waals surface area contributed by atoms with E-state index in [4.69, 9.17) is 15.2 Å². The van der Waals surface area contributed by atoms with Crippen LogP contribution in [-0.4, -0.2) is 18.6 Å². The molecule has 0 spiro atoms. The minimum atomic E-state index is -0.478. The number of hydrogen-bond acceptors (Lipinski definition) is 4. The molecule has 0 heterocycles. The summed E-state index contributed by atoms with van der Waals surface area (Å²) < 4.78 is 23.3. The van der Waals surface area contributed by atoms with Crippen molar-refractivity contribution in [2.45, 2.75) is 19.1 Å². The fourth-order valence-corrected chi connectivity index (χ4v) is 1.80. The summed E-state index contributed by atoms with van der Waals surface area (Å²) in [7, 11) is 0. The molecule has 0 aliphatic carbocycles. The molecular formula is C17H18FNO3. The number of ether oxygens (including phenoxy) is 2. The molecule has 2 rings (SSSR count). The van der Waals surface area contributed by atoms with Crippen molar-refractivity contribution in [3.8, 4) is 5.75 Å². The molecule has 0 unspecified atom stereocenters. The molecule has 0 amide bonds. The van der Waals surface area contributed by atoms with E-state index in [1.165, 1.54) is 24.3 Å². The van der Waals surface area contributed by atoms with Crippen LogP contribution in [0.15, 0.2) is 54.6 Å². The Labute approximate surface area is 128 Å². The van der Waals surface area contributed by atoms with Crippen LogP contribution in [0.2, 0.25) is 0 Å². The summed E-state index contributed by atoms with van der Waals surface area (Å²) in [5.74, 6) is -0.199. The third-order valence-corrected chi connectivity index (χ3v) is 2.95. The highest BCUT2D eigenvalue weighted by Crippen LogP contribution is 2.11. The summed E-state index contributed by atoms with van der Waals surface area (Å²) in [6.07, 6.45) is 0.0635. The summed E-state index contributed by atoms with van der Waals surface area (Å²) in [6.45, 7) is 0.386. The SMILES string of the molecule is N[C@@H](COc1ccc(F)cc1)CC(=O)OCc1ccccc1. The van der Waals surface area contributed by atoms with E-state index in [-0.39, 0.29) is 31.4 Å². The van der Waals surface area contributed by atoms with E-state index in [1.807, 2.05) is 30.3 Å². The Morgan fingerprint density at radius 3 is 2.45 bits per heavy atom. The average Bonchev–Trinajstić information content (AvgIpc) is 2.53. The monoisotopic (exact) mass is 303 g/mol. The molecule has 0 aromatic heterocycles. The first-order valence-electron chi connectivity index (χ1n) is 6.97. The fraction of sp³-hybridized carbons (Fsp3) is 0.235. The van der Waals surface area contributed by atoms with Gasteiger partial charge in [0.05, 0.1) is 6.42 Å². The van der Waals surface area contributed by atoms with Crippen molar-refractivity contribution >= 4 is 5.97 Å². The molecule has 2 N–H and O–H groups in total. The summed E-state index contributed by atoms with van der Waals surface area (Å²) in [4.78, 5) is 11.7. The van der Waals surface area contributed by atoms with E-state index in [0.29, 0.717) is 5.75 Å². The van der Waals surface area contributed by atoms with Crippen LogP contribution in [0.25, 0.3) is 0 Å². The van der Waals surface area contributed by atoms with E-state index in [0.717, 1.165) is 5.56 Å². The van der Waals surface area contributed by atoms with E-state index in [2.05, 4.69) is 0 Å². The molecule has 22 heavy (non-hydrogen) atoms. The standard InChI is InChI=1S/C17H18FNO3/c18-14-6-8-16(9-7-14)21-12-15(19)10-17(20)22-11-13-4-2-1-3-5-13/h1-9,15H,10-12,19H2/t15-/m1/s1. The number of hydrogen-bond donors (Lipinski definition) is 1.